The smallest absolute Gasteiger partial charge is 0.289 e. The fourth-order valence-corrected chi connectivity index (χ4v) is 3.99. The summed E-state index contributed by atoms with van der Waals surface area (Å²) in [5.74, 6) is 2.22. The molecule has 0 radical (unpaired) electrons. The first kappa shape index (κ1) is 18.6. The lowest BCUT2D eigenvalue weighted by molar-refractivity contribution is -0.119. The Kier molecular flexibility index (Phi) is 6.03. The Morgan fingerprint density at radius 3 is 2.73 bits per heavy atom. The van der Waals surface area contributed by atoms with Crippen molar-refractivity contribution in [3.05, 3.63) is 41.2 Å². The number of nitrogens with zero attached hydrogens (tertiary/aromatic N) is 2. The van der Waals surface area contributed by atoms with E-state index in [0.29, 0.717) is 30.4 Å². The number of nitrogens with one attached hydrogen (secondary N) is 1. The van der Waals surface area contributed by atoms with E-state index in [2.05, 4.69) is 10.5 Å². The average molecular weight is 377 g/mol. The highest BCUT2D eigenvalue weighted by atomic mass is 32.2. The zero-order chi connectivity index (χ0) is 18.5. The van der Waals surface area contributed by atoms with Crippen LogP contribution in [0, 0.1) is 13.8 Å². The second-order valence-electron chi connectivity index (χ2n) is 6.41. The van der Waals surface area contributed by atoms with Gasteiger partial charge in [-0.15, -0.1) is 11.8 Å². The van der Waals surface area contributed by atoms with Crippen LogP contribution in [0.25, 0.3) is 0 Å². The van der Waals surface area contributed by atoms with Crippen molar-refractivity contribution in [3.8, 4) is 0 Å². The summed E-state index contributed by atoms with van der Waals surface area (Å²) in [7, 11) is 0. The van der Waals surface area contributed by atoms with Crippen LogP contribution in [0.2, 0.25) is 0 Å². The van der Waals surface area contributed by atoms with E-state index in [1.54, 1.807) is 28.8 Å². The highest BCUT2D eigenvalue weighted by molar-refractivity contribution is 7.99. The lowest BCUT2D eigenvalue weighted by atomic mass is 10.0. The topological polar surface area (TPSA) is 88.6 Å². The molecule has 2 aromatic rings. The lowest BCUT2D eigenvalue weighted by Crippen LogP contribution is -2.46. The molecule has 1 fully saturated rings. The average Bonchev–Trinajstić information content (AvgIpc) is 3.27. The molecule has 8 heteroatoms. The molecule has 0 bridgehead atoms. The van der Waals surface area contributed by atoms with E-state index < -0.39 is 0 Å². The quantitative estimate of drug-likeness (QED) is 0.832. The molecule has 3 heterocycles. The van der Waals surface area contributed by atoms with Crippen LogP contribution in [0.5, 0.6) is 0 Å². The van der Waals surface area contributed by atoms with Crippen LogP contribution in [0.3, 0.4) is 0 Å². The summed E-state index contributed by atoms with van der Waals surface area (Å²) < 4.78 is 10.3. The minimum absolute atomic E-state index is 0.0255. The van der Waals surface area contributed by atoms with Crippen molar-refractivity contribution in [2.45, 2.75) is 38.5 Å². The number of thioether (sulfide) groups is 1. The molecule has 0 unspecified atom stereocenters. The fraction of sp³-hybridized carbons (Fsp3) is 0.500. The molecule has 26 heavy (non-hydrogen) atoms. The van der Waals surface area contributed by atoms with Crippen molar-refractivity contribution in [1.29, 1.82) is 0 Å². The monoisotopic (exact) mass is 377 g/mol. The zero-order valence-corrected chi connectivity index (χ0v) is 15.8. The highest BCUT2D eigenvalue weighted by Gasteiger charge is 2.25. The van der Waals surface area contributed by atoms with Gasteiger partial charge in [-0.3, -0.25) is 9.59 Å². The minimum atomic E-state index is -0.0882. The Morgan fingerprint density at radius 2 is 2.12 bits per heavy atom. The van der Waals surface area contributed by atoms with Crippen LogP contribution < -0.4 is 5.32 Å². The number of rotatable bonds is 6. The Hall–Kier alpha value is -2.22. The highest BCUT2D eigenvalue weighted by Crippen LogP contribution is 2.19. The summed E-state index contributed by atoms with van der Waals surface area (Å²) in [6.07, 6.45) is 3.01. The summed E-state index contributed by atoms with van der Waals surface area (Å²) in [4.78, 5) is 26.1. The summed E-state index contributed by atoms with van der Waals surface area (Å²) in [5.41, 5.74) is 1.94. The van der Waals surface area contributed by atoms with E-state index >= 15 is 0 Å². The van der Waals surface area contributed by atoms with Crippen molar-refractivity contribution in [2.24, 2.45) is 0 Å². The molecule has 7 nitrogen and oxygen atoms in total. The number of carbonyl (C=O) groups is 2. The molecule has 0 atom stereocenters. The van der Waals surface area contributed by atoms with Crippen LogP contribution in [0.1, 0.15) is 40.4 Å². The normalized spacial score (nSPS) is 15.2. The van der Waals surface area contributed by atoms with Crippen LogP contribution >= 0.6 is 11.8 Å². The maximum atomic E-state index is 12.2. The maximum absolute atomic E-state index is 12.2. The van der Waals surface area contributed by atoms with Crippen molar-refractivity contribution < 1.29 is 18.5 Å². The van der Waals surface area contributed by atoms with Gasteiger partial charge in [-0.05, 0) is 38.8 Å². The molecule has 1 aliphatic rings. The summed E-state index contributed by atoms with van der Waals surface area (Å²) in [5, 5.41) is 6.98. The van der Waals surface area contributed by atoms with Crippen molar-refractivity contribution in [1.82, 2.24) is 15.4 Å². The van der Waals surface area contributed by atoms with Gasteiger partial charge in [0.15, 0.2) is 5.76 Å². The van der Waals surface area contributed by atoms with Crippen molar-refractivity contribution in [3.63, 3.8) is 0 Å². The van der Waals surface area contributed by atoms with E-state index in [1.807, 2.05) is 13.8 Å². The second kappa shape index (κ2) is 8.44. The van der Waals surface area contributed by atoms with Gasteiger partial charge in [0.1, 0.15) is 5.76 Å². The number of likely N-dealkylation sites (tertiary alicyclic amines) is 1. The molecule has 2 aromatic heterocycles. The number of aromatic nitrogens is 1. The third-order valence-electron chi connectivity index (χ3n) is 4.54. The molecule has 1 saturated heterocycles. The Morgan fingerprint density at radius 1 is 1.35 bits per heavy atom. The third-order valence-corrected chi connectivity index (χ3v) is 5.50. The van der Waals surface area contributed by atoms with Crippen LogP contribution in [0.4, 0.5) is 0 Å². The van der Waals surface area contributed by atoms with Crippen LogP contribution in [-0.2, 0) is 10.5 Å². The van der Waals surface area contributed by atoms with Crippen LogP contribution in [-0.4, -0.2) is 46.8 Å². The van der Waals surface area contributed by atoms with Gasteiger partial charge in [-0.1, -0.05) is 5.16 Å². The van der Waals surface area contributed by atoms with E-state index in [-0.39, 0.29) is 17.9 Å². The molecule has 0 aliphatic carbocycles. The van der Waals surface area contributed by atoms with E-state index in [1.165, 1.54) is 6.26 Å². The molecular formula is C18H23N3O4S. The van der Waals surface area contributed by atoms with Gasteiger partial charge in [0.2, 0.25) is 5.91 Å². The van der Waals surface area contributed by atoms with Crippen molar-refractivity contribution in [2.75, 3.05) is 18.8 Å². The maximum Gasteiger partial charge on any atom is 0.289 e. The molecule has 0 saturated carbocycles. The first-order chi connectivity index (χ1) is 12.5. The standard InChI is InChI=1S/C18H23N3O4S/c1-12-15(13(2)25-20-12)10-26-11-17(22)19-14-5-7-21(8-6-14)18(23)16-4-3-9-24-16/h3-4,9,14H,5-8,10-11H2,1-2H3,(H,19,22). The second-order valence-corrected chi connectivity index (χ2v) is 7.39. The fourth-order valence-electron chi connectivity index (χ4n) is 3.01. The SMILES string of the molecule is Cc1noc(C)c1CSCC(=O)NC1CCN(C(=O)c2ccco2)CC1. The molecule has 140 valence electrons. The van der Waals surface area contributed by atoms with E-state index in [4.69, 9.17) is 8.94 Å². The minimum Gasteiger partial charge on any atom is -0.459 e. The third kappa shape index (κ3) is 4.49. The van der Waals surface area contributed by atoms with Gasteiger partial charge in [0, 0.05) is 30.4 Å². The predicted octanol–water partition coefficient (Wildman–Crippen LogP) is 2.54. The van der Waals surface area contributed by atoms with Crippen LogP contribution in [0.15, 0.2) is 27.3 Å². The van der Waals surface area contributed by atoms with E-state index in [0.717, 1.165) is 29.9 Å². The number of carbonyl (C=O) groups excluding carboxylic acids is 2. The summed E-state index contributed by atoms with van der Waals surface area (Å²) in [6, 6.07) is 3.50. The Labute approximate surface area is 156 Å². The predicted molar refractivity (Wildman–Crippen MR) is 97.9 cm³/mol. The molecule has 1 N–H and O–H groups in total. The first-order valence-corrected chi connectivity index (χ1v) is 9.81. The van der Waals surface area contributed by atoms with Gasteiger partial charge in [-0.25, -0.2) is 0 Å². The van der Waals surface area contributed by atoms with E-state index in [9.17, 15) is 9.59 Å². The molecule has 3 rings (SSSR count). The molecule has 0 aromatic carbocycles. The zero-order valence-electron chi connectivity index (χ0n) is 15.0. The number of hydrogen-bond acceptors (Lipinski definition) is 6. The summed E-state index contributed by atoms with van der Waals surface area (Å²) in [6.45, 7) is 5.03. The number of hydrogen-bond donors (Lipinski definition) is 1. The molecule has 2 amide bonds. The Bertz CT molecular complexity index is 729. The number of amides is 2. The Balaban J connectivity index is 1.37. The lowest BCUT2D eigenvalue weighted by Gasteiger charge is -2.31. The van der Waals surface area contributed by atoms with Gasteiger partial charge >= 0.3 is 0 Å². The van der Waals surface area contributed by atoms with Gasteiger partial charge in [0.25, 0.3) is 5.91 Å². The van der Waals surface area contributed by atoms with Gasteiger partial charge in [0.05, 0.1) is 17.7 Å². The van der Waals surface area contributed by atoms with Crippen molar-refractivity contribution >= 4 is 23.6 Å². The first-order valence-electron chi connectivity index (χ1n) is 8.66. The largest absolute Gasteiger partial charge is 0.459 e. The molecule has 1 aliphatic heterocycles. The number of aryl methyl sites for hydroxylation is 2. The molecular weight excluding hydrogens is 354 g/mol. The van der Waals surface area contributed by atoms with Gasteiger partial charge < -0.3 is 19.2 Å². The number of furan rings is 1. The van der Waals surface area contributed by atoms with Gasteiger partial charge in [-0.2, -0.15) is 0 Å². The summed E-state index contributed by atoms with van der Waals surface area (Å²) >= 11 is 1.55. The molecule has 0 spiro atoms. The number of piperidine rings is 1.